The molecule has 0 saturated carbocycles. The molecule has 0 saturated heterocycles. The summed E-state index contributed by atoms with van der Waals surface area (Å²) >= 11 is 7.95. The summed E-state index contributed by atoms with van der Waals surface area (Å²) in [6, 6.07) is 6.44. The zero-order valence-corrected chi connectivity index (χ0v) is 11.9. The van der Waals surface area contributed by atoms with Gasteiger partial charge in [0.2, 0.25) is 0 Å². The van der Waals surface area contributed by atoms with E-state index in [4.69, 9.17) is 11.6 Å². The van der Waals surface area contributed by atoms with E-state index in [1.165, 1.54) is 5.56 Å². The zero-order valence-electron chi connectivity index (χ0n) is 10.3. The molecule has 1 aliphatic rings. The van der Waals surface area contributed by atoms with Gasteiger partial charge in [-0.05, 0) is 30.5 Å². The van der Waals surface area contributed by atoms with E-state index >= 15 is 0 Å². The van der Waals surface area contributed by atoms with Gasteiger partial charge in [-0.15, -0.1) is 0 Å². The molecule has 1 aromatic carbocycles. The van der Waals surface area contributed by atoms with Crippen molar-refractivity contribution in [2.24, 2.45) is 10.9 Å². The molecule has 0 spiro atoms. The highest BCUT2D eigenvalue weighted by Gasteiger charge is 2.21. The lowest BCUT2D eigenvalue weighted by Crippen LogP contribution is -2.12. The van der Waals surface area contributed by atoms with Crippen molar-refractivity contribution in [3.63, 3.8) is 0 Å². The topological polar surface area (TPSA) is 24.4 Å². The summed E-state index contributed by atoms with van der Waals surface area (Å²) in [5.41, 5.74) is 2.11. The van der Waals surface area contributed by atoms with Gasteiger partial charge in [0.05, 0.1) is 16.8 Å². The maximum atomic E-state index is 6.18. The molecule has 1 unspecified atom stereocenters. The number of amidine groups is 1. The number of aryl methyl sites for hydroxylation is 1. The highest BCUT2D eigenvalue weighted by Crippen LogP contribution is 2.28. The summed E-state index contributed by atoms with van der Waals surface area (Å²) in [5.74, 6) is 1.65. The Morgan fingerprint density at radius 2 is 2.24 bits per heavy atom. The summed E-state index contributed by atoms with van der Waals surface area (Å²) in [5, 5.41) is 5.03. The Hall–Kier alpha value is -0.670. The lowest BCUT2D eigenvalue weighted by molar-refractivity contribution is 0.543. The molecule has 2 nitrogen and oxygen atoms in total. The second kappa shape index (κ2) is 5.32. The maximum absolute atomic E-state index is 6.18. The minimum Gasteiger partial charge on any atom is -0.334 e. The standard InChI is InChI=1S/C13H17ClN2S/c1-8(2)12-7-17-13(16-12)15-11-5-4-9(3)6-10(11)14/h4-6,8,12H,7H2,1-3H3,(H,15,16). The second-order valence-corrected chi connectivity index (χ2v) is 6.08. The van der Waals surface area contributed by atoms with E-state index in [2.05, 4.69) is 24.2 Å². The number of aliphatic imine (C=N–C) groups is 1. The van der Waals surface area contributed by atoms with Crippen LogP contribution in [0.2, 0.25) is 5.02 Å². The van der Waals surface area contributed by atoms with Gasteiger partial charge in [0.15, 0.2) is 5.17 Å². The van der Waals surface area contributed by atoms with E-state index in [1.54, 1.807) is 11.8 Å². The molecule has 17 heavy (non-hydrogen) atoms. The fourth-order valence-electron chi connectivity index (χ4n) is 1.64. The predicted molar refractivity (Wildman–Crippen MR) is 78.3 cm³/mol. The fraction of sp³-hybridized carbons (Fsp3) is 0.462. The number of anilines is 1. The smallest absolute Gasteiger partial charge is 0.161 e. The molecule has 1 heterocycles. The monoisotopic (exact) mass is 268 g/mol. The van der Waals surface area contributed by atoms with Gasteiger partial charge in [-0.3, -0.25) is 4.99 Å². The number of hydrogen-bond donors (Lipinski definition) is 1. The largest absolute Gasteiger partial charge is 0.334 e. The molecular weight excluding hydrogens is 252 g/mol. The third-order valence-electron chi connectivity index (χ3n) is 2.81. The van der Waals surface area contributed by atoms with Crippen LogP contribution in [0.5, 0.6) is 0 Å². The molecule has 0 aliphatic carbocycles. The summed E-state index contributed by atoms with van der Waals surface area (Å²) in [7, 11) is 0. The number of rotatable bonds is 2. The first-order valence-corrected chi connectivity index (χ1v) is 7.16. The molecule has 0 fully saturated rings. The highest BCUT2D eigenvalue weighted by atomic mass is 35.5. The molecule has 1 atom stereocenters. The van der Waals surface area contributed by atoms with Gasteiger partial charge in [-0.2, -0.15) is 0 Å². The molecule has 92 valence electrons. The number of halogens is 1. The van der Waals surface area contributed by atoms with Gasteiger partial charge in [-0.1, -0.05) is 43.3 Å². The number of hydrogen-bond acceptors (Lipinski definition) is 3. The quantitative estimate of drug-likeness (QED) is 0.870. The molecule has 0 radical (unpaired) electrons. The highest BCUT2D eigenvalue weighted by molar-refractivity contribution is 8.14. The first-order chi connectivity index (χ1) is 8.06. The maximum Gasteiger partial charge on any atom is 0.161 e. The van der Waals surface area contributed by atoms with Crippen molar-refractivity contribution in [2.45, 2.75) is 26.8 Å². The zero-order chi connectivity index (χ0) is 12.4. The third-order valence-corrected chi connectivity index (χ3v) is 4.11. The molecule has 1 N–H and O–H groups in total. The molecule has 0 bridgehead atoms. The first kappa shape index (κ1) is 12.8. The van der Waals surface area contributed by atoms with Gasteiger partial charge < -0.3 is 5.32 Å². The van der Waals surface area contributed by atoms with Gasteiger partial charge in [0.1, 0.15) is 0 Å². The van der Waals surface area contributed by atoms with Gasteiger partial charge >= 0.3 is 0 Å². The predicted octanol–water partition coefficient (Wildman–Crippen LogP) is 4.19. The fourth-order valence-corrected chi connectivity index (χ4v) is 3.10. The van der Waals surface area contributed by atoms with Crippen LogP contribution in [0.3, 0.4) is 0 Å². The van der Waals surface area contributed by atoms with Gasteiger partial charge in [-0.25, -0.2) is 0 Å². The summed E-state index contributed by atoms with van der Waals surface area (Å²) in [6.45, 7) is 6.44. The molecule has 2 rings (SSSR count). The van der Waals surface area contributed by atoms with Gasteiger partial charge in [0, 0.05) is 5.75 Å². The average Bonchev–Trinajstić information content (AvgIpc) is 2.71. The Balaban J connectivity index is 2.09. The third kappa shape index (κ3) is 3.17. The first-order valence-electron chi connectivity index (χ1n) is 5.80. The molecule has 0 amide bonds. The number of thioether (sulfide) groups is 1. The van der Waals surface area contributed by atoms with E-state index in [1.807, 2.05) is 25.1 Å². The van der Waals surface area contributed by atoms with E-state index in [-0.39, 0.29) is 0 Å². The van der Waals surface area contributed by atoms with Crippen molar-refractivity contribution in [2.75, 3.05) is 11.1 Å². The molecule has 4 heteroatoms. The van der Waals surface area contributed by atoms with Crippen molar-refractivity contribution in [3.05, 3.63) is 28.8 Å². The Bertz CT molecular complexity index is 443. The lowest BCUT2D eigenvalue weighted by atomic mass is 10.1. The number of nitrogens with one attached hydrogen (secondary N) is 1. The number of benzene rings is 1. The van der Waals surface area contributed by atoms with Crippen molar-refractivity contribution in [3.8, 4) is 0 Å². The SMILES string of the molecule is Cc1ccc(NC2=NC(C(C)C)CS2)c(Cl)c1. The van der Waals surface area contributed by atoms with E-state index in [0.29, 0.717) is 12.0 Å². The molecule has 0 aromatic heterocycles. The van der Waals surface area contributed by atoms with Crippen LogP contribution in [0.4, 0.5) is 5.69 Å². The van der Waals surface area contributed by atoms with Crippen LogP contribution in [0.1, 0.15) is 19.4 Å². The van der Waals surface area contributed by atoms with Crippen LogP contribution in [-0.2, 0) is 0 Å². The van der Waals surface area contributed by atoms with Gasteiger partial charge in [0.25, 0.3) is 0 Å². The normalized spacial score (nSPS) is 19.6. The van der Waals surface area contributed by atoms with Crippen LogP contribution in [-0.4, -0.2) is 17.0 Å². The van der Waals surface area contributed by atoms with Crippen LogP contribution in [0.15, 0.2) is 23.2 Å². The molecule has 1 aromatic rings. The minimum atomic E-state index is 0.423. The Labute approximate surface area is 112 Å². The average molecular weight is 269 g/mol. The van der Waals surface area contributed by atoms with E-state index in [9.17, 15) is 0 Å². The Morgan fingerprint density at radius 3 is 2.82 bits per heavy atom. The van der Waals surface area contributed by atoms with Crippen LogP contribution < -0.4 is 5.32 Å². The molecule has 1 aliphatic heterocycles. The summed E-state index contributed by atoms with van der Waals surface area (Å²) < 4.78 is 0. The Kier molecular flexibility index (Phi) is 4.00. The van der Waals surface area contributed by atoms with Crippen molar-refractivity contribution < 1.29 is 0 Å². The van der Waals surface area contributed by atoms with E-state index < -0.39 is 0 Å². The molecular formula is C13H17ClN2S. The lowest BCUT2D eigenvalue weighted by Gasteiger charge is -2.08. The van der Waals surface area contributed by atoms with Crippen molar-refractivity contribution in [1.29, 1.82) is 0 Å². The Morgan fingerprint density at radius 1 is 1.47 bits per heavy atom. The summed E-state index contributed by atoms with van der Waals surface area (Å²) in [4.78, 5) is 4.66. The van der Waals surface area contributed by atoms with Crippen LogP contribution >= 0.6 is 23.4 Å². The summed E-state index contributed by atoms with van der Waals surface area (Å²) in [6.07, 6.45) is 0. The van der Waals surface area contributed by atoms with E-state index in [0.717, 1.165) is 21.6 Å². The van der Waals surface area contributed by atoms with Crippen LogP contribution in [0, 0.1) is 12.8 Å². The number of nitrogens with zero attached hydrogens (tertiary/aromatic N) is 1. The van der Waals surface area contributed by atoms with Crippen molar-refractivity contribution >= 4 is 34.2 Å². The van der Waals surface area contributed by atoms with Crippen molar-refractivity contribution in [1.82, 2.24) is 0 Å². The van der Waals surface area contributed by atoms with Crippen LogP contribution in [0.25, 0.3) is 0 Å². The second-order valence-electron chi connectivity index (χ2n) is 4.66. The minimum absolute atomic E-state index is 0.423.